The van der Waals surface area contributed by atoms with Crippen LogP contribution in [0.25, 0.3) is 0 Å². The molecule has 2 saturated carbocycles. The first-order chi connectivity index (χ1) is 6.59. The lowest BCUT2D eigenvalue weighted by Crippen LogP contribution is -2.39. The summed E-state index contributed by atoms with van der Waals surface area (Å²) in [6.07, 6.45) is 6.06. The van der Waals surface area contributed by atoms with Crippen LogP contribution in [0.15, 0.2) is 0 Å². The molecule has 0 heteroatoms. The van der Waals surface area contributed by atoms with Gasteiger partial charge >= 0.3 is 0 Å². The Labute approximate surface area is 89.5 Å². The second kappa shape index (κ2) is 3.87. The van der Waals surface area contributed by atoms with Gasteiger partial charge in [-0.1, -0.05) is 34.1 Å². The minimum atomic E-state index is 0.890. The van der Waals surface area contributed by atoms with Crippen molar-refractivity contribution in [2.45, 2.75) is 53.4 Å². The van der Waals surface area contributed by atoms with Crippen molar-refractivity contribution in [2.75, 3.05) is 0 Å². The topological polar surface area (TPSA) is 0 Å². The summed E-state index contributed by atoms with van der Waals surface area (Å²) < 4.78 is 0. The van der Waals surface area contributed by atoms with Crippen molar-refractivity contribution in [2.24, 2.45) is 35.5 Å². The summed E-state index contributed by atoms with van der Waals surface area (Å²) >= 11 is 0. The molecule has 14 heavy (non-hydrogen) atoms. The van der Waals surface area contributed by atoms with Crippen LogP contribution in [0, 0.1) is 35.5 Å². The molecule has 0 spiro atoms. The Kier molecular flexibility index (Phi) is 2.91. The fourth-order valence-electron chi connectivity index (χ4n) is 4.21. The maximum Gasteiger partial charge on any atom is -0.0329 e. The predicted octanol–water partition coefficient (Wildman–Crippen LogP) is 4.35. The van der Waals surface area contributed by atoms with E-state index in [2.05, 4.69) is 27.7 Å². The lowest BCUT2D eigenvalue weighted by Gasteiger charge is -2.46. The van der Waals surface area contributed by atoms with Crippen molar-refractivity contribution >= 4 is 0 Å². The molecule has 0 amide bonds. The molecule has 0 aliphatic heterocycles. The smallest absolute Gasteiger partial charge is 0.0329 e. The van der Waals surface area contributed by atoms with E-state index in [0.717, 1.165) is 35.5 Å². The molecule has 0 radical (unpaired) electrons. The van der Waals surface area contributed by atoms with Gasteiger partial charge in [-0.2, -0.15) is 0 Å². The van der Waals surface area contributed by atoms with E-state index in [4.69, 9.17) is 0 Å². The molecule has 82 valence electrons. The van der Waals surface area contributed by atoms with Crippen molar-refractivity contribution in [3.8, 4) is 0 Å². The molecule has 0 N–H and O–H groups in total. The van der Waals surface area contributed by atoms with Crippen LogP contribution in [0.5, 0.6) is 0 Å². The van der Waals surface area contributed by atoms with Crippen molar-refractivity contribution in [1.82, 2.24) is 0 Å². The largest absolute Gasteiger partial charge is 0.0628 e. The third kappa shape index (κ3) is 1.73. The Morgan fingerprint density at radius 3 is 2.43 bits per heavy atom. The minimum Gasteiger partial charge on any atom is -0.0628 e. The van der Waals surface area contributed by atoms with Crippen molar-refractivity contribution in [3.05, 3.63) is 0 Å². The van der Waals surface area contributed by atoms with Gasteiger partial charge in [0.25, 0.3) is 0 Å². The van der Waals surface area contributed by atoms with Gasteiger partial charge in [0.05, 0.1) is 0 Å². The summed E-state index contributed by atoms with van der Waals surface area (Å²) in [7, 11) is 0. The first-order valence-corrected chi connectivity index (χ1v) is 6.59. The Morgan fingerprint density at radius 2 is 1.86 bits per heavy atom. The normalized spacial score (nSPS) is 43.5. The maximum atomic E-state index is 2.49. The fourth-order valence-corrected chi connectivity index (χ4v) is 4.21. The quantitative estimate of drug-likeness (QED) is 0.626. The second-order valence-electron chi connectivity index (χ2n) is 6.40. The van der Waals surface area contributed by atoms with E-state index >= 15 is 0 Å². The summed E-state index contributed by atoms with van der Waals surface area (Å²) in [4.78, 5) is 0. The van der Waals surface area contributed by atoms with Crippen molar-refractivity contribution < 1.29 is 0 Å². The predicted molar refractivity (Wildman–Crippen MR) is 62.1 cm³/mol. The van der Waals surface area contributed by atoms with Gasteiger partial charge in [0, 0.05) is 0 Å². The molecule has 5 unspecified atom stereocenters. The highest BCUT2D eigenvalue weighted by atomic mass is 14.5. The molecule has 5 atom stereocenters. The molecule has 0 aromatic rings. The Balaban J connectivity index is 1.88. The van der Waals surface area contributed by atoms with Crippen LogP contribution in [0.2, 0.25) is 0 Å². The average Bonchev–Trinajstić information content (AvgIpc) is 2.24. The first kappa shape index (κ1) is 10.5. The molecule has 2 aliphatic rings. The number of rotatable bonds is 3. The summed E-state index contributed by atoms with van der Waals surface area (Å²) in [6.45, 7) is 9.71. The van der Waals surface area contributed by atoms with Crippen LogP contribution in [0.1, 0.15) is 53.4 Å². The third-order valence-corrected chi connectivity index (χ3v) is 4.84. The molecule has 2 rings (SSSR count). The summed E-state index contributed by atoms with van der Waals surface area (Å²) in [6, 6.07) is 0. The molecule has 0 aromatic heterocycles. The maximum absolute atomic E-state index is 2.49. The Morgan fingerprint density at radius 1 is 1.14 bits per heavy atom. The van der Waals surface area contributed by atoms with Gasteiger partial charge < -0.3 is 0 Å². The van der Waals surface area contributed by atoms with Gasteiger partial charge in [-0.15, -0.1) is 0 Å². The zero-order chi connectivity index (χ0) is 10.3. The first-order valence-electron chi connectivity index (χ1n) is 6.59. The summed E-state index contributed by atoms with van der Waals surface area (Å²) in [5.74, 6) is 6.24. The highest BCUT2D eigenvalue weighted by Crippen LogP contribution is 2.57. The molecule has 0 saturated heterocycles. The van der Waals surface area contributed by atoms with Gasteiger partial charge in [-0.25, -0.2) is 0 Å². The van der Waals surface area contributed by atoms with E-state index in [-0.39, 0.29) is 0 Å². The van der Waals surface area contributed by atoms with Gasteiger partial charge in [0.2, 0.25) is 0 Å². The number of fused-ring (bicyclic) bond motifs is 1. The molecule has 0 aromatic carbocycles. The molecule has 0 bridgehead atoms. The van der Waals surface area contributed by atoms with E-state index in [1.54, 1.807) is 6.42 Å². The molecular formula is C14H26. The minimum absolute atomic E-state index is 0.890. The highest BCUT2D eigenvalue weighted by Gasteiger charge is 2.49. The van der Waals surface area contributed by atoms with Crippen molar-refractivity contribution in [1.29, 1.82) is 0 Å². The van der Waals surface area contributed by atoms with Crippen LogP contribution < -0.4 is 0 Å². The van der Waals surface area contributed by atoms with E-state index in [1.165, 1.54) is 19.3 Å². The average molecular weight is 194 g/mol. The monoisotopic (exact) mass is 194 g/mol. The Hall–Kier alpha value is 0. The van der Waals surface area contributed by atoms with E-state index in [1.807, 2.05) is 0 Å². The van der Waals surface area contributed by atoms with Gasteiger partial charge in [-0.05, 0) is 54.8 Å². The molecule has 2 aliphatic carbocycles. The van der Waals surface area contributed by atoms with Gasteiger partial charge in [0.15, 0.2) is 0 Å². The standard InChI is InChI=1S/C14H26/c1-9(2)7-11(4)13-8-12-6-5-10(3)14(12)13/h9-14H,5-8H2,1-4H3. The lowest BCUT2D eigenvalue weighted by atomic mass is 9.59. The SMILES string of the molecule is CC(C)CC(C)C1CC2CCC(C)C21. The molecule has 2 fully saturated rings. The van der Waals surface area contributed by atoms with Crippen LogP contribution in [-0.4, -0.2) is 0 Å². The van der Waals surface area contributed by atoms with Crippen molar-refractivity contribution in [3.63, 3.8) is 0 Å². The zero-order valence-electron chi connectivity index (χ0n) is 10.3. The second-order valence-corrected chi connectivity index (χ2v) is 6.40. The van der Waals surface area contributed by atoms with Crippen LogP contribution in [-0.2, 0) is 0 Å². The highest BCUT2D eigenvalue weighted by molar-refractivity contribution is 4.98. The van der Waals surface area contributed by atoms with Gasteiger partial charge in [-0.3, -0.25) is 0 Å². The van der Waals surface area contributed by atoms with E-state index in [9.17, 15) is 0 Å². The lowest BCUT2D eigenvalue weighted by molar-refractivity contribution is 0.0233. The zero-order valence-corrected chi connectivity index (χ0v) is 10.3. The summed E-state index contributed by atoms with van der Waals surface area (Å²) in [5, 5.41) is 0. The third-order valence-electron chi connectivity index (χ3n) is 4.84. The molecular weight excluding hydrogens is 168 g/mol. The van der Waals surface area contributed by atoms with E-state index in [0.29, 0.717) is 0 Å². The van der Waals surface area contributed by atoms with Gasteiger partial charge in [0.1, 0.15) is 0 Å². The van der Waals surface area contributed by atoms with E-state index < -0.39 is 0 Å². The summed E-state index contributed by atoms with van der Waals surface area (Å²) in [5.41, 5.74) is 0. The number of hydrogen-bond donors (Lipinski definition) is 0. The van der Waals surface area contributed by atoms with Crippen LogP contribution >= 0.6 is 0 Å². The molecule has 0 heterocycles. The molecule has 0 nitrogen and oxygen atoms in total. The van der Waals surface area contributed by atoms with Crippen LogP contribution in [0.3, 0.4) is 0 Å². The van der Waals surface area contributed by atoms with Crippen LogP contribution in [0.4, 0.5) is 0 Å². The fraction of sp³-hybridized carbons (Fsp3) is 1.00. The Bertz CT molecular complexity index is 188. The number of hydrogen-bond acceptors (Lipinski definition) is 0.